The Morgan fingerprint density at radius 2 is 1.80 bits per heavy atom. The quantitative estimate of drug-likeness (QED) is 0.277. The predicted molar refractivity (Wildman–Crippen MR) is 161 cm³/mol. The Bertz CT molecular complexity index is 1450. The summed E-state index contributed by atoms with van der Waals surface area (Å²) < 4.78 is 20.5. The molecule has 3 aromatic carbocycles. The number of hydrogen-bond acceptors (Lipinski definition) is 8. The van der Waals surface area contributed by atoms with E-state index in [2.05, 4.69) is 51.1 Å². The fraction of sp³-hybridized carbons (Fsp3) is 0.333. The zero-order valence-electron chi connectivity index (χ0n) is 22.7. The van der Waals surface area contributed by atoms with Crippen molar-refractivity contribution >= 4 is 40.3 Å². The van der Waals surface area contributed by atoms with E-state index in [1.54, 1.807) is 23.1 Å². The molecule has 11 heteroatoms. The first-order valence-electron chi connectivity index (χ1n) is 13.6. The Kier molecular flexibility index (Phi) is 7.94. The lowest BCUT2D eigenvalue weighted by atomic mass is 10.1. The van der Waals surface area contributed by atoms with Crippen molar-refractivity contribution in [1.82, 2.24) is 14.8 Å². The van der Waals surface area contributed by atoms with Gasteiger partial charge in [-0.2, -0.15) is 5.10 Å². The van der Waals surface area contributed by atoms with Crippen molar-refractivity contribution in [2.75, 3.05) is 48.4 Å². The van der Waals surface area contributed by atoms with E-state index in [1.807, 2.05) is 30.3 Å². The van der Waals surface area contributed by atoms with Gasteiger partial charge in [-0.05, 0) is 67.6 Å². The summed E-state index contributed by atoms with van der Waals surface area (Å²) in [6.45, 7) is 6.00. The van der Waals surface area contributed by atoms with Crippen LogP contribution in [0.15, 0.2) is 79.4 Å². The Labute approximate surface area is 249 Å². The third-order valence-electron chi connectivity index (χ3n) is 7.53. The highest BCUT2D eigenvalue weighted by molar-refractivity contribution is 6.35. The first-order chi connectivity index (χ1) is 19.9. The van der Waals surface area contributed by atoms with Gasteiger partial charge in [0.1, 0.15) is 37.7 Å². The molecule has 214 valence electrons. The lowest BCUT2D eigenvalue weighted by Crippen LogP contribution is -2.52. The molecule has 2 saturated heterocycles. The summed E-state index contributed by atoms with van der Waals surface area (Å²) in [4.78, 5) is 8.87. The smallest absolute Gasteiger partial charge is 0.217 e. The van der Waals surface area contributed by atoms with Gasteiger partial charge in [0.2, 0.25) is 5.79 Å². The van der Waals surface area contributed by atoms with Crippen LogP contribution >= 0.6 is 23.2 Å². The van der Waals surface area contributed by atoms with Gasteiger partial charge in [0, 0.05) is 53.3 Å². The number of benzene rings is 3. The number of anilines is 3. The summed E-state index contributed by atoms with van der Waals surface area (Å²) in [5, 5.41) is 5.22. The summed E-state index contributed by atoms with van der Waals surface area (Å²) in [6.07, 6.45) is 2.77. The maximum Gasteiger partial charge on any atom is 0.217 e. The molecule has 6 rings (SSSR count). The minimum absolute atomic E-state index is 0.281. The third-order valence-corrected chi connectivity index (χ3v) is 8.08. The summed E-state index contributed by atoms with van der Waals surface area (Å²) in [5.41, 5.74) is 9.70. The highest BCUT2D eigenvalue weighted by Gasteiger charge is 2.45. The molecule has 1 aromatic heterocycles. The van der Waals surface area contributed by atoms with Gasteiger partial charge in [0.05, 0.1) is 11.6 Å². The van der Waals surface area contributed by atoms with Gasteiger partial charge in [-0.1, -0.05) is 29.3 Å². The minimum atomic E-state index is -1.14. The van der Waals surface area contributed by atoms with Crippen LogP contribution in [-0.4, -0.2) is 59.8 Å². The molecule has 0 amide bonds. The molecule has 2 N–H and O–H groups in total. The second kappa shape index (κ2) is 11.8. The molecule has 1 unspecified atom stereocenters. The fourth-order valence-electron chi connectivity index (χ4n) is 5.47. The number of rotatable bonds is 8. The van der Waals surface area contributed by atoms with Crippen LogP contribution in [0, 0.1) is 0 Å². The molecule has 4 aromatic rings. The normalized spacial score (nSPS) is 22.7. The highest BCUT2D eigenvalue weighted by Crippen LogP contribution is 2.40. The molecule has 2 fully saturated rings. The molecule has 2 aliphatic rings. The van der Waals surface area contributed by atoms with E-state index in [-0.39, 0.29) is 12.6 Å². The maximum absolute atomic E-state index is 6.56. The zero-order valence-corrected chi connectivity index (χ0v) is 24.2. The molecule has 3 heterocycles. The molecule has 3 atom stereocenters. The Hall–Kier alpha value is -3.50. The number of nitrogens with zero attached hydrogens (tertiary/aromatic N) is 5. The van der Waals surface area contributed by atoms with Crippen LogP contribution in [0.1, 0.15) is 12.5 Å². The lowest BCUT2D eigenvalue weighted by Gasteiger charge is -2.42. The Morgan fingerprint density at radius 1 is 1.02 bits per heavy atom. The van der Waals surface area contributed by atoms with Crippen molar-refractivity contribution in [3.63, 3.8) is 0 Å². The van der Waals surface area contributed by atoms with Crippen molar-refractivity contribution in [2.24, 2.45) is 0 Å². The van der Waals surface area contributed by atoms with Gasteiger partial charge >= 0.3 is 0 Å². The van der Waals surface area contributed by atoms with Crippen LogP contribution < -0.4 is 20.3 Å². The van der Waals surface area contributed by atoms with Crippen LogP contribution in [0.5, 0.6) is 5.75 Å². The van der Waals surface area contributed by atoms with Crippen molar-refractivity contribution in [3.05, 3.63) is 95.0 Å². The summed E-state index contributed by atoms with van der Waals surface area (Å²) in [5.74, 6) is -0.374. The number of ether oxygens (including phenoxy) is 3. The fourth-order valence-corrected chi connectivity index (χ4v) is 6.02. The van der Waals surface area contributed by atoms with E-state index < -0.39 is 5.79 Å². The lowest BCUT2D eigenvalue weighted by molar-refractivity contribution is -0.190. The van der Waals surface area contributed by atoms with Gasteiger partial charge in [0.15, 0.2) is 0 Å². The van der Waals surface area contributed by atoms with E-state index in [0.717, 1.165) is 31.1 Å². The van der Waals surface area contributed by atoms with E-state index in [1.165, 1.54) is 17.7 Å². The molecular weight excluding hydrogens is 563 g/mol. The second-order valence-corrected chi connectivity index (χ2v) is 11.2. The molecule has 0 aliphatic carbocycles. The van der Waals surface area contributed by atoms with Gasteiger partial charge in [0.25, 0.3) is 0 Å². The van der Waals surface area contributed by atoms with Crippen LogP contribution in [0.2, 0.25) is 10.0 Å². The van der Waals surface area contributed by atoms with Crippen LogP contribution in [0.3, 0.4) is 0 Å². The molecule has 0 spiro atoms. The molecule has 0 saturated carbocycles. The van der Waals surface area contributed by atoms with Gasteiger partial charge in [-0.25, -0.2) is 9.67 Å². The van der Waals surface area contributed by atoms with E-state index in [0.29, 0.717) is 34.9 Å². The number of aromatic nitrogens is 3. The van der Waals surface area contributed by atoms with Crippen LogP contribution in [0.4, 0.5) is 17.1 Å². The molecule has 0 bridgehead atoms. The highest BCUT2D eigenvalue weighted by atomic mass is 35.5. The van der Waals surface area contributed by atoms with Crippen molar-refractivity contribution in [2.45, 2.75) is 31.4 Å². The Morgan fingerprint density at radius 3 is 2.51 bits per heavy atom. The first-order valence-corrected chi connectivity index (χ1v) is 14.3. The van der Waals surface area contributed by atoms with E-state index >= 15 is 0 Å². The van der Waals surface area contributed by atoms with E-state index in [4.69, 9.17) is 43.1 Å². The second-order valence-electron chi connectivity index (χ2n) is 10.4. The van der Waals surface area contributed by atoms with Crippen LogP contribution in [-0.2, 0) is 21.8 Å². The first kappa shape index (κ1) is 27.7. The largest absolute Gasteiger partial charge is 0.491 e. The molecular formula is C30H32Cl2N6O3. The summed E-state index contributed by atoms with van der Waals surface area (Å²) >= 11 is 12.7. The predicted octanol–water partition coefficient (Wildman–Crippen LogP) is 5.23. The Balaban J connectivity index is 1.07. The molecule has 41 heavy (non-hydrogen) atoms. The number of nitrogens with two attached hydrogens (primary N) is 1. The average Bonchev–Trinajstić information content (AvgIpc) is 3.63. The average molecular weight is 596 g/mol. The van der Waals surface area contributed by atoms with E-state index in [9.17, 15) is 0 Å². The molecule has 9 nitrogen and oxygen atoms in total. The summed E-state index contributed by atoms with van der Waals surface area (Å²) in [7, 11) is 0. The zero-order chi connectivity index (χ0) is 28.4. The number of nitrogen functional groups attached to an aromatic ring is 1. The molecule has 2 aliphatic heterocycles. The third kappa shape index (κ3) is 6.08. The molecule has 0 radical (unpaired) electrons. The van der Waals surface area contributed by atoms with Crippen molar-refractivity contribution < 1.29 is 14.2 Å². The van der Waals surface area contributed by atoms with Crippen molar-refractivity contribution in [1.29, 1.82) is 0 Å². The number of hydrogen-bond donors (Lipinski definition) is 1. The van der Waals surface area contributed by atoms with Gasteiger partial charge in [-0.3, -0.25) is 0 Å². The van der Waals surface area contributed by atoms with Crippen molar-refractivity contribution in [3.8, 4) is 5.75 Å². The maximum atomic E-state index is 6.56. The number of piperazine rings is 1. The standard InChI is InChI=1S/C30H32Cl2N6O3/c1-21-15-36(24-5-3-23(33)4-6-24)12-13-38(21)25-7-9-26(10-8-25)39-16-27-17-40-30(41-27,18-37-20-34-19-35-37)28-11-2-22(31)14-29(28)32/h2-11,14,19-21,27H,12-13,15-18,33H2,1H3/t21?,27-,30-/m1/s1. The monoisotopic (exact) mass is 594 g/mol. The topological polar surface area (TPSA) is 90.9 Å². The summed E-state index contributed by atoms with van der Waals surface area (Å²) in [6, 6.07) is 21.9. The number of halogens is 2. The van der Waals surface area contributed by atoms with Gasteiger partial charge in [-0.15, -0.1) is 0 Å². The minimum Gasteiger partial charge on any atom is -0.491 e. The van der Waals surface area contributed by atoms with Gasteiger partial charge < -0.3 is 29.7 Å². The van der Waals surface area contributed by atoms with Crippen LogP contribution in [0.25, 0.3) is 0 Å². The SMILES string of the molecule is CC1CN(c2ccc(N)cc2)CCN1c1ccc(OC[C@@H]2CO[C@@](Cn3cncn3)(c3ccc(Cl)cc3Cl)O2)cc1.